The van der Waals surface area contributed by atoms with E-state index in [0.29, 0.717) is 11.9 Å². The van der Waals surface area contributed by atoms with Crippen LogP contribution in [0.3, 0.4) is 0 Å². The normalized spacial score (nSPS) is 11.2. The van der Waals surface area contributed by atoms with Crippen LogP contribution >= 0.6 is 0 Å². The molecule has 45 heavy (non-hydrogen) atoms. The molecule has 5 heteroatoms. The molecular formula is C40H54IO4+. The molecule has 2 heterocycles. The minimum Gasteiger partial charge on any atom is -0.426 e. The van der Waals surface area contributed by atoms with Crippen molar-refractivity contribution in [2.45, 2.75) is 129 Å². The summed E-state index contributed by atoms with van der Waals surface area (Å²) in [6.07, 6.45) is 23.8. The Bertz CT molecular complexity index is 1200. The summed E-state index contributed by atoms with van der Waals surface area (Å²) in [6, 6.07) is 24.6. The van der Waals surface area contributed by atoms with E-state index in [4.69, 9.17) is 18.3 Å². The number of unbranched alkanes of at least 4 members (excludes halogenated alkanes) is 14. The first-order chi connectivity index (χ1) is 22.2. The smallest absolute Gasteiger partial charge is 0.426 e. The Morgan fingerprint density at radius 3 is 1.16 bits per heavy atom. The molecule has 0 amide bonds. The van der Waals surface area contributed by atoms with Crippen LogP contribution in [0.2, 0.25) is 0 Å². The lowest BCUT2D eigenvalue weighted by molar-refractivity contribution is -0.636. The first kappa shape index (κ1) is 35.2. The molecule has 0 atom stereocenters. The zero-order valence-electron chi connectivity index (χ0n) is 27.7. The van der Waals surface area contributed by atoms with Gasteiger partial charge in [-0.15, -0.1) is 0 Å². The third-order valence-electron chi connectivity index (χ3n) is 8.20. The first-order valence-corrected chi connectivity index (χ1v) is 19.8. The molecule has 0 N–H and O–H groups in total. The number of furan rings is 2. The second kappa shape index (κ2) is 21.2. The third kappa shape index (κ3) is 14.1. The molecule has 4 rings (SSSR count). The summed E-state index contributed by atoms with van der Waals surface area (Å²) in [5.74, 6) is 2.61. The second-order valence-corrected chi connectivity index (χ2v) is 14.8. The fraction of sp³-hybridized carbons (Fsp3) is 0.500. The Labute approximate surface area is 282 Å². The maximum absolute atomic E-state index is 5.99. The molecule has 0 saturated heterocycles. The van der Waals surface area contributed by atoms with Gasteiger partial charge in [-0.2, -0.15) is 0 Å². The minimum absolute atomic E-state index is 0.510. The number of hydrogen-bond acceptors (Lipinski definition) is 4. The maximum atomic E-state index is 5.99. The van der Waals surface area contributed by atoms with Crippen LogP contribution < -0.4 is 30.7 Å². The van der Waals surface area contributed by atoms with Gasteiger partial charge in [0, 0.05) is 24.3 Å². The standard InChI is InChI=1S/C40H54IO4/c1-3-5-7-9-11-13-15-17-19-33-21-25-35(26-22-33)42-39-31-29-37(44-39)41-38-30-32-40(45-38)43-36-27-23-34(24-28-36)20-18-16-14-12-10-8-6-4-2/h21-32H,3-20H2,1-2H3/q+1. The van der Waals surface area contributed by atoms with Gasteiger partial charge in [-0.1, -0.05) is 128 Å². The summed E-state index contributed by atoms with van der Waals surface area (Å²) in [5.41, 5.74) is 2.73. The molecule has 0 saturated carbocycles. The third-order valence-corrected chi connectivity index (χ3v) is 10.4. The predicted molar refractivity (Wildman–Crippen MR) is 180 cm³/mol. The number of aryl methyl sites for hydroxylation is 2. The van der Waals surface area contributed by atoms with E-state index in [2.05, 4.69) is 38.1 Å². The highest BCUT2D eigenvalue weighted by Crippen LogP contribution is 2.24. The van der Waals surface area contributed by atoms with Crippen molar-refractivity contribution < 1.29 is 39.5 Å². The van der Waals surface area contributed by atoms with Crippen molar-refractivity contribution in [3.63, 3.8) is 0 Å². The molecule has 244 valence electrons. The Hall–Kier alpha value is -2.67. The molecule has 4 aromatic rings. The largest absolute Gasteiger partial charge is 0.443 e. The molecule has 0 aliphatic heterocycles. The molecule has 0 spiro atoms. The highest BCUT2D eigenvalue weighted by molar-refractivity contribution is 5.31. The molecule has 0 fully saturated rings. The van der Waals surface area contributed by atoms with Crippen molar-refractivity contribution in [2.75, 3.05) is 0 Å². The van der Waals surface area contributed by atoms with Gasteiger partial charge in [0.1, 0.15) is 11.5 Å². The van der Waals surface area contributed by atoms with Crippen LogP contribution in [-0.2, 0) is 12.8 Å². The molecule has 0 bridgehead atoms. The van der Waals surface area contributed by atoms with Crippen LogP contribution in [0.4, 0.5) is 0 Å². The molecule has 0 radical (unpaired) electrons. The van der Waals surface area contributed by atoms with Crippen molar-refractivity contribution in [3.05, 3.63) is 91.5 Å². The summed E-state index contributed by atoms with van der Waals surface area (Å²) in [7, 11) is 0. The van der Waals surface area contributed by atoms with Crippen LogP contribution in [0, 0.1) is 7.53 Å². The summed E-state index contributed by atoms with van der Waals surface area (Å²) < 4.78 is 25.7. The van der Waals surface area contributed by atoms with Crippen molar-refractivity contribution in [1.29, 1.82) is 0 Å². The van der Waals surface area contributed by atoms with E-state index >= 15 is 0 Å². The topological polar surface area (TPSA) is 44.7 Å². The SMILES string of the molecule is CCCCCCCCCCc1ccc(Oc2ccc([I+]c3ccc(Oc4ccc(CCCCCCCCCC)cc4)o3)o2)cc1. The van der Waals surface area contributed by atoms with Gasteiger partial charge in [0.2, 0.25) is 0 Å². The number of hydrogen-bond donors (Lipinski definition) is 0. The van der Waals surface area contributed by atoms with E-state index in [1.165, 1.54) is 114 Å². The Kier molecular flexibility index (Phi) is 16.6. The summed E-state index contributed by atoms with van der Waals surface area (Å²) in [4.78, 5) is 0. The van der Waals surface area contributed by atoms with Crippen LogP contribution in [-0.4, -0.2) is 0 Å². The lowest BCUT2D eigenvalue weighted by Crippen LogP contribution is -3.61. The molecule has 0 aliphatic rings. The molecule has 0 unspecified atom stereocenters. The molecule has 0 aliphatic carbocycles. The van der Waals surface area contributed by atoms with E-state index < -0.39 is 21.2 Å². The lowest BCUT2D eigenvalue weighted by Gasteiger charge is -2.05. The summed E-state index contributed by atoms with van der Waals surface area (Å²) in [6.45, 7) is 4.55. The van der Waals surface area contributed by atoms with Gasteiger partial charge >= 0.3 is 28.7 Å². The average molecular weight is 726 g/mol. The zero-order chi connectivity index (χ0) is 31.4. The van der Waals surface area contributed by atoms with Crippen molar-refractivity contribution >= 4 is 0 Å². The number of ether oxygens (including phenoxy) is 2. The molecule has 4 nitrogen and oxygen atoms in total. The molecule has 2 aromatic heterocycles. The number of halogens is 1. The van der Waals surface area contributed by atoms with Gasteiger partial charge in [-0.3, -0.25) is 0 Å². The van der Waals surface area contributed by atoms with E-state index in [1.54, 1.807) is 0 Å². The van der Waals surface area contributed by atoms with E-state index in [0.717, 1.165) is 31.9 Å². The highest BCUT2D eigenvalue weighted by atomic mass is 127. The fourth-order valence-electron chi connectivity index (χ4n) is 5.51. The van der Waals surface area contributed by atoms with Crippen LogP contribution in [0.5, 0.6) is 23.4 Å². The fourth-order valence-corrected chi connectivity index (χ4v) is 7.40. The van der Waals surface area contributed by atoms with Gasteiger partial charge in [0.25, 0.3) is 11.9 Å². The monoisotopic (exact) mass is 725 g/mol. The van der Waals surface area contributed by atoms with Crippen LogP contribution in [0.15, 0.2) is 81.6 Å². The maximum Gasteiger partial charge on any atom is 0.443 e. The van der Waals surface area contributed by atoms with Gasteiger partial charge in [0.05, 0.1) is 0 Å². The molecule has 2 aromatic carbocycles. The number of benzene rings is 2. The Morgan fingerprint density at radius 1 is 0.422 bits per heavy atom. The van der Waals surface area contributed by atoms with Gasteiger partial charge in [0.15, 0.2) is 0 Å². The lowest BCUT2D eigenvalue weighted by atomic mass is 10.0. The zero-order valence-corrected chi connectivity index (χ0v) is 29.8. The minimum atomic E-state index is -0.617. The predicted octanol–water partition coefficient (Wildman–Crippen LogP) is 9.95. The summed E-state index contributed by atoms with van der Waals surface area (Å²) >= 11 is -0.617. The van der Waals surface area contributed by atoms with E-state index in [-0.39, 0.29) is 0 Å². The molecular weight excluding hydrogens is 671 g/mol. The highest BCUT2D eigenvalue weighted by Gasteiger charge is 2.26. The van der Waals surface area contributed by atoms with E-state index in [9.17, 15) is 0 Å². The first-order valence-electron chi connectivity index (χ1n) is 17.6. The van der Waals surface area contributed by atoms with Crippen molar-refractivity contribution in [2.24, 2.45) is 0 Å². The van der Waals surface area contributed by atoms with Crippen LogP contribution in [0.1, 0.15) is 128 Å². The van der Waals surface area contributed by atoms with E-state index in [1.807, 2.05) is 48.5 Å². The van der Waals surface area contributed by atoms with Crippen molar-refractivity contribution in [1.82, 2.24) is 0 Å². The Balaban J connectivity index is 1.12. The van der Waals surface area contributed by atoms with Crippen LogP contribution in [0.25, 0.3) is 0 Å². The van der Waals surface area contributed by atoms with Gasteiger partial charge < -0.3 is 18.3 Å². The quantitative estimate of drug-likeness (QED) is 0.0533. The average Bonchev–Trinajstić information content (AvgIpc) is 3.70. The summed E-state index contributed by atoms with van der Waals surface area (Å²) in [5, 5.41) is 0. The van der Waals surface area contributed by atoms with Gasteiger partial charge in [-0.25, -0.2) is 0 Å². The van der Waals surface area contributed by atoms with Gasteiger partial charge in [-0.05, 0) is 61.1 Å². The number of rotatable bonds is 24. The second-order valence-electron chi connectivity index (χ2n) is 12.2. The Morgan fingerprint density at radius 2 is 0.778 bits per heavy atom. The van der Waals surface area contributed by atoms with Crippen molar-refractivity contribution in [3.8, 4) is 23.4 Å².